The number of nitrogens with zero attached hydrogens (tertiary/aromatic N) is 2. The zero-order valence-corrected chi connectivity index (χ0v) is 10.8. The van der Waals surface area contributed by atoms with Gasteiger partial charge in [0.1, 0.15) is 23.9 Å². The van der Waals surface area contributed by atoms with Crippen molar-refractivity contribution < 1.29 is 14.6 Å². The molecule has 0 aliphatic rings. The van der Waals surface area contributed by atoms with Crippen LogP contribution in [0.1, 0.15) is 13.3 Å². The molecular weight excluding hydrogens is 246 g/mol. The molecular formula is C13H15N3O3. The number of aliphatic carboxylic acids is 1. The lowest BCUT2D eigenvalue weighted by Crippen LogP contribution is -2.28. The number of ether oxygens (including phenoxy) is 1. The molecule has 0 aliphatic carbocycles. The second-order valence-corrected chi connectivity index (χ2v) is 4.05. The zero-order valence-electron chi connectivity index (χ0n) is 10.8. The van der Waals surface area contributed by atoms with Gasteiger partial charge in [-0.1, -0.05) is 6.92 Å². The van der Waals surface area contributed by atoms with Crippen LogP contribution in [0.2, 0.25) is 0 Å². The largest absolute Gasteiger partial charge is 0.497 e. The summed E-state index contributed by atoms with van der Waals surface area (Å²) in [7, 11) is 1.58. The minimum atomic E-state index is -0.900. The molecule has 1 atom stereocenters. The first-order chi connectivity index (χ1) is 9.15. The third kappa shape index (κ3) is 2.73. The van der Waals surface area contributed by atoms with Gasteiger partial charge in [0.25, 0.3) is 0 Å². The quantitative estimate of drug-likeness (QED) is 0.855. The maximum absolute atomic E-state index is 11.0. The molecule has 19 heavy (non-hydrogen) atoms. The van der Waals surface area contributed by atoms with E-state index in [9.17, 15) is 4.79 Å². The van der Waals surface area contributed by atoms with E-state index in [-0.39, 0.29) is 0 Å². The number of rotatable bonds is 5. The lowest BCUT2D eigenvalue weighted by atomic mass is 10.2. The smallest absolute Gasteiger partial charge is 0.326 e. The predicted octanol–water partition coefficient (Wildman–Crippen LogP) is 1.91. The summed E-state index contributed by atoms with van der Waals surface area (Å²) >= 11 is 0. The fourth-order valence-corrected chi connectivity index (χ4v) is 1.78. The van der Waals surface area contributed by atoms with Crippen LogP contribution in [-0.4, -0.2) is 34.2 Å². The van der Waals surface area contributed by atoms with E-state index in [2.05, 4.69) is 15.3 Å². The van der Waals surface area contributed by atoms with Crippen LogP contribution in [0.25, 0.3) is 10.9 Å². The summed E-state index contributed by atoms with van der Waals surface area (Å²) in [6, 6.07) is 4.72. The third-order valence-electron chi connectivity index (χ3n) is 2.86. The Balaban J connectivity index is 2.41. The van der Waals surface area contributed by atoms with Gasteiger partial charge >= 0.3 is 5.97 Å². The highest BCUT2D eigenvalue weighted by Crippen LogP contribution is 2.24. The van der Waals surface area contributed by atoms with Gasteiger partial charge in [-0.3, -0.25) is 0 Å². The van der Waals surface area contributed by atoms with Gasteiger partial charge in [0.2, 0.25) is 0 Å². The number of anilines is 1. The molecule has 0 saturated carbocycles. The SMILES string of the molecule is CCC(Nc1ncnc2cc(OC)ccc12)C(=O)O. The molecule has 0 saturated heterocycles. The van der Waals surface area contributed by atoms with E-state index in [1.54, 1.807) is 26.2 Å². The molecule has 6 nitrogen and oxygen atoms in total. The maximum atomic E-state index is 11.0. The number of aromatic nitrogens is 2. The molecule has 100 valence electrons. The topological polar surface area (TPSA) is 84.3 Å². The summed E-state index contributed by atoms with van der Waals surface area (Å²) in [6.45, 7) is 1.80. The third-order valence-corrected chi connectivity index (χ3v) is 2.86. The van der Waals surface area contributed by atoms with Crippen LogP contribution in [0.15, 0.2) is 24.5 Å². The van der Waals surface area contributed by atoms with Crippen molar-refractivity contribution in [3.05, 3.63) is 24.5 Å². The molecule has 1 heterocycles. The minimum absolute atomic E-state index is 0.469. The number of carboxylic acids is 1. The summed E-state index contributed by atoms with van der Waals surface area (Å²) in [6.07, 6.45) is 1.87. The molecule has 0 radical (unpaired) electrons. The minimum Gasteiger partial charge on any atom is -0.497 e. The molecule has 2 N–H and O–H groups in total. The normalized spacial score (nSPS) is 12.1. The van der Waals surface area contributed by atoms with Crippen LogP contribution in [-0.2, 0) is 4.79 Å². The summed E-state index contributed by atoms with van der Waals surface area (Å²) < 4.78 is 5.13. The number of nitrogens with one attached hydrogen (secondary N) is 1. The monoisotopic (exact) mass is 261 g/mol. The van der Waals surface area contributed by atoms with Crippen LogP contribution < -0.4 is 10.1 Å². The first-order valence-corrected chi connectivity index (χ1v) is 5.93. The first kappa shape index (κ1) is 13.1. The van der Waals surface area contributed by atoms with Gasteiger partial charge in [0.15, 0.2) is 0 Å². The zero-order chi connectivity index (χ0) is 13.8. The maximum Gasteiger partial charge on any atom is 0.326 e. The van der Waals surface area contributed by atoms with E-state index in [0.29, 0.717) is 23.5 Å². The van der Waals surface area contributed by atoms with Crippen molar-refractivity contribution in [3.63, 3.8) is 0 Å². The van der Waals surface area contributed by atoms with E-state index in [4.69, 9.17) is 9.84 Å². The summed E-state index contributed by atoms with van der Waals surface area (Å²) in [5.41, 5.74) is 0.706. The average Bonchev–Trinajstić information content (AvgIpc) is 2.43. The highest BCUT2D eigenvalue weighted by molar-refractivity contribution is 5.91. The first-order valence-electron chi connectivity index (χ1n) is 5.93. The van der Waals surface area contributed by atoms with Gasteiger partial charge in [-0.05, 0) is 18.6 Å². The Bertz CT molecular complexity index is 601. The molecule has 0 bridgehead atoms. The molecule has 0 aliphatic heterocycles. The Hall–Kier alpha value is -2.37. The summed E-state index contributed by atoms with van der Waals surface area (Å²) in [5.74, 6) is 0.312. The van der Waals surface area contributed by atoms with Crippen LogP contribution in [0.3, 0.4) is 0 Å². The van der Waals surface area contributed by atoms with Gasteiger partial charge in [-0.15, -0.1) is 0 Å². The van der Waals surface area contributed by atoms with E-state index >= 15 is 0 Å². The number of fused-ring (bicyclic) bond motifs is 1. The standard InChI is InChI=1S/C13H15N3O3/c1-3-10(13(17)18)16-12-9-5-4-8(19-2)6-11(9)14-7-15-12/h4-7,10H,3H2,1-2H3,(H,17,18)(H,14,15,16). The van der Waals surface area contributed by atoms with Crippen molar-refractivity contribution in [1.82, 2.24) is 9.97 Å². The number of carboxylic acid groups (broad SMARTS) is 1. The van der Waals surface area contributed by atoms with Gasteiger partial charge in [-0.2, -0.15) is 0 Å². The fraction of sp³-hybridized carbons (Fsp3) is 0.308. The second kappa shape index (κ2) is 5.51. The van der Waals surface area contributed by atoms with E-state index in [1.165, 1.54) is 6.33 Å². The Kier molecular flexibility index (Phi) is 3.79. The van der Waals surface area contributed by atoms with Gasteiger partial charge in [-0.25, -0.2) is 14.8 Å². The molecule has 0 fully saturated rings. The van der Waals surface area contributed by atoms with Crippen molar-refractivity contribution in [3.8, 4) is 5.75 Å². The van der Waals surface area contributed by atoms with Crippen molar-refractivity contribution in [2.45, 2.75) is 19.4 Å². The Morgan fingerprint density at radius 3 is 2.89 bits per heavy atom. The number of carbonyl (C=O) groups is 1. The lowest BCUT2D eigenvalue weighted by Gasteiger charge is -2.14. The summed E-state index contributed by atoms with van der Waals surface area (Å²) in [4.78, 5) is 19.3. The number of benzene rings is 1. The molecule has 1 aromatic heterocycles. The molecule has 2 aromatic rings. The highest BCUT2D eigenvalue weighted by atomic mass is 16.5. The molecule has 0 spiro atoms. The predicted molar refractivity (Wildman–Crippen MR) is 71.4 cm³/mol. The molecule has 6 heteroatoms. The number of methoxy groups -OCH3 is 1. The van der Waals surface area contributed by atoms with E-state index in [1.807, 2.05) is 6.07 Å². The molecule has 1 unspecified atom stereocenters. The molecule has 1 aromatic carbocycles. The Morgan fingerprint density at radius 1 is 1.47 bits per heavy atom. The Labute approximate surface area is 110 Å². The van der Waals surface area contributed by atoms with Crippen LogP contribution in [0.4, 0.5) is 5.82 Å². The van der Waals surface area contributed by atoms with E-state index < -0.39 is 12.0 Å². The van der Waals surface area contributed by atoms with Crippen LogP contribution >= 0.6 is 0 Å². The highest BCUT2D eigenvalue weighted by Gasteiger charge is 2.16. The fourth-order valence-electron chi connectivity index (χ4n) is 1.78. The number of hydrogen-bond donors (Lipinski definition) is 2. The van der Waals surface area contributed by atoms with Gasteiger partial charge in [0.05, 0.1) is 12.6 Å². The molecule has 0 amide bonds. The number of hydrogen-bond acceptors (Lipinski definition) is 5. The summed E-state index contributed by atoms with van der Waals surface area (Å²) in [5, 5.41) is 12.7. The average molecular weight is 261 g/mol. The molecule has 2 rings (SSSR count). The van der Waals surface area contributed by atoms with Crippen LogP contribution in [0, 0.1) is 0 Å². The van der Waals surface area contributed by atoms with Crippen LogP contribution in [0.5, 0.6) is 5.75 Å². The van der Waals surface area contributed by atoms with Gasteiger partial charge < -0.3 is 15.2 Å². The second-order valence-electron chi connectivity index (χ2n) is 4.05. The van der Waals surface area contributed by atoms with Gasteiger partial charge in [0, 0.05) is 11.5 Å². The van der Waals surface area contributed by atoms with Crippen molar-refractivity contribution in [1.29, 1.82) is 0 Å². The van der Waals surface area contributed by atoms with Crippen molar-refractivity contribution in [2.75, 3.05) is 12.4 Å². The van der Waals surface area contributed by atoms with E-state index in [0.717, 1.165) is 5.39 Å². The van der Waals surface area contributed by atoms with Crippen molar-refractivity contribution in [2.24, 2.45) is 0 Å². The lowest BCUT2D eigenvalue weighted by molar-refractivity contribution is -0.137. The van der Waals surface area contributed by atoms with Crippen molar-refractivity contribution >= 4 is 22.7 Å². The Morgan fingerprint density at radius 2 is 2.26 bits per heavy atom.